The van der Waals surface area contributed by atoms with Crippen LogP contribution < -0.4 is 10.1 Å². The quantitative estimate of drug-likeness (QED) is 0.631. The molecule has 0 bridgehead atoms. The van der Waals surface area contributed by atoms with Crippen molar-refractivity contribution in [2.45, 2.75) is 25.2 Å². The minimum atomic E-state index is -3.81. The van der Waals surface area contributed by atoms with Gasteiger partial charge in [0.05, 0.1) is 17.4 Å². The van der Waals surface area contributed by atoms with Crippen molar-refractivity contribution in [1.29, 1.82) is 5.26 Å². The Morgan fingerprint density at radius 3 is 2.62 bits per heavy atom. The summed E-state index contributed by atoms with van der Waals surface area (Å²) in [5.74, 6) is 0.0587. The van der Waals surface area contributed by atoms with Crippen LogP contribution in [-0.4, -0.2) is 27.5 Å². The van der Waals surface area contributed by atoms with Gasteiger partial charge in [-0.05, 0) is 37.1 Å². The van der Waals surface area contributed by atoms with Crippen molar-refractivity contribution in [2.75, 3.05) is 13.2 Å². The Hall–Kier alpha value is -1.78. The Morgan fingerprint density at radius 1 is 1.38 bits per heavy atom. The molecule has 0 fully saturated rings. The van der Waals surface area contributed by atoms with E-state index in [1.807, 2.05) is 6.07 Å². The number of nitriles is 1. The van der Waals surface area contributed by atoms with Crippen molar-refractivity contribution >= 4 is 25.6 Å². The molecule has 1 rings (SSSR count). The average molecular weight is 331 g/mol. The lowest BCUT2D eigenvalue weighted by atomic mass is 10.1. The summed E-state index contributed by atoms with van der Waals surface area (Å²) < 4.78 is 28.1. The third kappa shape index (κ3) is 4.92. The fourth-order valence-corrected chi connectivity index (χ4v) is 2.89. The smallest absolute Gasteiger partial charge is 0.261 e. The molecule has 1 aromatic rings. The van der Waals surface area contributed by atoms with Gasteiger partial charge in [-0.2, -0.15) is 5.26 Å². The predicted octanol–water partition coefficient (Wildman–Crippen LogP) is 1.64. The van der Waals surface area contributed by atoms with E-state index < -0.39 is 9.05 Å². The number of hydrogen-bond acceptors (Lipinski definition) is 5. The molecular formula is C13H15ClN2O4S. The van der Waals surface area contributed by atoms with Gasteiger partial charge in [-0.25, -0.2) is 8.42 Å². The van der Waals surface area contributed by atoms with Crippen molar-refractivity contribution < 1.29 is 17.9 Å². The van der Waals surface area contributed by atoms with E-state index in [4.69, 9.17) is 20.7 Å². The number of carbonyl (C=O) groups is 1. The number of nitrogens with zero attached hydrogens (tertiary/aromatic N) is 1. The maximum atomic E-state index is 11.5. The van der Waals surface area contributed by atoms with E-state index in [1.165, 1.54) is 12.1 Å². The Bertz CT molecular complexity index is 680. The van der Waals surface area contributed by atoms with Crippen LogP contribution in [0.15, 0.2) is 17.0 Å². The first-order chi connectivity index (χ1) is 9.77. The van der Waals surface area contributed by atoms with Gasteiger partial charge in [-0.3, -0.25) is 4.79 Å². The highest BCUT2D eigenvalue weighted by molar-refractivity contribution is 8.13. The normalized spacial score (nSPS) is 10.8. The Labute approximate surface area is 128 Å². The summed E-state index contributed by atoms with van der Waals surface area (Å²) in [6, 6.07) is 4.71. The van der Waals surface area contributed by atoms with E-state index in [1.54, 1.807) is 13.8 Å². The Balaban J connectivity index is 2.76. The molecule has 8 heteroatoms. The van der Waals surface area contributed by atoms with Crippen LogP contribution in [0.5, 0.6) is 5.75 Å². The molecule has 1 N–H and O–H groups in total. The van der Waals surface area contributed by atoms with Crippen LogP contribution in [-0.2, 0) is 13.8 Å². The van der Waals surface area contributed by atoms with Crippen molar-refractivity contribution in [3.8, 4) is 11.8 Å². The third-order valence-corrected chi connectivity index (χ3v) is 4.33. The molecule has 0 saturated carbocycles. The molecule has 0 atom stereocenters. The minimum absolute atomic E-state index is 0.0208. The zero-order valence-electron chi connectivity index (χ0n) is 11.6. The van der Waals surface area contributed by atoms with Crippen LogP contribution in [0.2, 0.25) is 0 Å². The van der Waals surface area contributed by atoms with E-state index in [9.17, 15) is 13.2 Å². The summed E-state index contributed by atoms with van der Waals surface area (Å²) >= 11 is 0. The number of amides is 1. The summed E-state index contributed by atoms with van der Waals surface area (Å²) in [4.78, 5) is 11.5. The van der Waals surface area contributed by atoms with Crippen LogP contribution in [0.4, 0.5) is 0 Å². The molecule has 0 aromatic heterocycles. The summed E-state index contributed by atoms with van der Waals surface area (Å²) in [7, 11) is 1.52. The lowest BCUT2D eigenvalue weighted by molar-refractivity contribution is -0.123. The standard InChI is InChI=1S/C13H15ClN2O4S/c1-9-10(2)12(21(14,18)19)5-4-11(9)20-8-13(17)16-7-3-6-15/h4-5H,3,7-8H2,1-2H3,(H,16,17). The summed E-state index contributed by atoms with van der Waals surface area (Å²) in [6.45, 7) is 3.35. The molecule has 114 valence electrons. The maximum absolute atomic E-state index is 11.5. The highest BCUT2D eigenvalue weighted by Gasteiger charge is 2.17. The van der Waals surface area contributed by atoms with Gasteiger partial charge < -0.3 is 10.1 Å². The molecule has 0 saturated heterocycles. The number of hydrogen-bond donors (Lipinski definition) is 1. The van der Waals surface area contributed by atoms with Gasteiger partial charge >= 0.3 is 0 Å². The van der Waals surface area contributed by atoms with E-state index in [2.05, 4.69) is 5.32 Å². The van der Waals surface area contributed by atoms with Gasteiger partial charge in [0.2, 0.25) is 0 Å². The van der Waals surface area contributed by atoms with Crippen LogP contribution >= 0.6 is 10.7 Å². The predicted molar refractivity (Wildman–Crippen MR) is 77.7 cm³/mol. The first-order valence-electron chi connectivity index (χ1n) is 6.08. The van der Waals surface area contributed by atoms with E-state index in [0.29, 0.717) is 16.9 Å². The van der Waals surface area contributed by atoms with Crippen molar-refractivity contribution in [1.82, 2.24) is 5.32 Å². The highest BCUT2D eigenvalue weighted by Crippen LogP contribution is 2.28. The molecule has 0 unspecified atom stereocenters. The van der Waals surface area contributed by atoms with Crippen molar-refractivity contribution in [2.24, 2.45) is 0 Å². The molecule has 0 spiro atoms. The maximum Gasteiger partial charge on any atom is 0.261 e. The van der Waals surface area contributed by atoms with Crippen LogP contribution in [0.25, 0.3) is 0 Å². The zero-order valence-corrected chi connectivity index (χ0v) is 13.2. The molecule has 1 amide bonds. The van der Waals surface area contributed by atoms with Crippen molar-refractivity contribution in [3.05, 3.63) is 23.3 Å². The summed E-state index contributed by atoms with van der Waals surface area (Å²) in [6.07, 6.45) is 0.228. The Morgan fingerprint density at radius 2 is 2.05 bits per heavy atom. The number of carbonyl (C=O) groups excluding carboxylic acids is 1. The second-order valence-corrected chi connectivity index (χ2v) is 6.83. The average Bonchev–Trinajstić information content (AvgIpc) is 2.39. The molecule has 0 radical (unpaired) electrons. The van der Waals surface area contributed by atoms with E-state index in [0.717, 1.165) is 0 Å². The topological polar surface area (TPSA) is 96.3 Å². The summed E-state index contributed by atoms with van der Waals surface area (Å²) in [5.41, 5.74) is 1.08. The molecule has 0 aliphatic carbocycles. The number of halogens is 1. The molecule has 21 heavy (non-hydrogen) atoms. The third-order valence-electron chi connectivity index (χ3n) is 2.87. The van der Waals surface area contributed by atoms with Gasteiger partial charge in [0, 0.05) is 17.2 Å². The largest absolute Gasteiger partial charge is 0.483 e. The number of ether oxygens (including phenoxy) is 1. The van der Waals surface area contributed by atoms with Gasteiger partial charge in [0.1, 0.15) is 5.75 Å². The number of benzene rings is 1. The lowest BCUT2D eigenvalue weighted by Crippen LogP contribution is -2.29. The fraction of sp³-hybridized carbons (Fsp3) is 0.385. The molecule has 0 heterocycles. The molecule has 0 aliphatic rings. The SMILES string of the molecule is Cc1c(OCC(=O)NCCC#N)ccc(S(=O)(=O)Cl)c1C. The highest BCUT2D eigenvalue weighted by atomic mass is 35.7. The summed E-state index contributed by atoms with van der Waals surface area (Å²) in [5, 5.41) is 10.9. The molecule has 1 aromatic carbocycles. The van der Waals surface area contributed by atoms with E-state index in [-0.39, 0.29) is 30.4 Å². The van der Waals surface area contributed by atoms with Crippen LogP contribution in [0, 0.1) is 25.2 Å². The Kier molecular flexibility index (Phi) is 6.00. The first kappa shape index (κ1) is 17.3. The van der Waals surface area contributed by atoms with Crippen LogP contribution in [0.3, 0.4) is 0 Å². The minimum Gasteiger partial charge on any atom is -0.483 e. The lowest BCUT2D eigenvalue weighted by Gasteiger charge is -2.13. The number of nitrogens with one attached hydrogen (secondary N) is 1. The number of rotatable bonds is 6. The fourth-order valence-electron chi connectivity index (χ4n) is 1.64. The zero-order chi connectivity index (χ0) is 16.0. The second-order valence-electron chi connectivity index (χ2n) is 4.30. The molecule has 6 nitrogen and oxygen atoms in total. The molecule has 0 aliphatic heterocycles. The monoisotopic (exact) mass is 330 g/mol. The first-order valence-corrected chi connectivity index (χ1v) is 8.39. The second kappa shape index (κ2) is 7.29. The van der Waals surface area contributed by atoms with Gasteiger partial charge in [0.25, 0.3) is 15.0 Å². The van der Waals surface area contributed by atoms with Crippen LogP contribution in [0.1, 0.15) is 17.5 Å². The van der Waals surface area contributed by atoms with E-state index >= 15 is 0 Å². The van der Waals surface area contributed by atoms with Gasteiger partial charge in [-0.15, -0.1) is 0 Å². The molecular weight excluding hydrogens is 316 g/mol. The van der Waals surface area contributed by atoms with Crippen molar-refractivity contribution in [3.63, 3.8) is 0 Å². The van der Waals surface area contributed by atoms with Gasteiger partial charge in [0.15, 0.2) is 6.61 Å². The van der Waals surface area contributed by atoms with Gasteiger partial charge in [-0.1, -0.05) is 0 Å².